The van der Waals surface area contributed by atoms with Crippen molar-refractivity contribution < 1.29 is 4.79 Å². The van der Waals surface area contributed by atoms with Crippen LogP contribution in [0.4, 0.5) is 9.93 Å². The summed E-state index contributed by atoms with van der Waals surface area (Å²) in [6.45, 7) is 5.71. The van der Waals surface area contributed by atoms with Crippen molar-refractivity contribution in [1.82, 2.24) is 10.3 Å². The van der Waals surface area contributed by atoms with Gasteiger partial charge in [0.2, 0.25) is 0 Å². The SMILES string of the molecule is CC(C)=CNC(=O)Nc1nc(C)cs1. The number of hydrogen-bond acceptors (Lipinski definition) is 3. The number of rotatable bonds is 2. The highest BCUT2D eigenvalue weighted by Gasteiger charge is 2.02. The van der Waals surface area contributed by atoms with E-state index in [1.165, 1.54) is 11.3 Å². The molecule has 14 heavy (non-hydrogen) atoms. The van der Waals surface area contributed by atoms with E-state index in [9.17, 15) is 4.79 Å². The van der Waals surface area contributed by atoms with Crippen molar-refractivity contribution in [1.29, 1.82) is 0 Å². The van der Waals surface area contributed by atoms with E-state index in [1.54, 1.807) is 6.20 Å². The summed E-state index contributed by atoms with van der Waals surface area (Å²) >= 11 is 1.41. The lowest BCUT2D eigenvalue weighted by Crippen LogP contribution is -2.24. The van der Waals surface area contributed by atoms with Crippen LogP contribution in [0.5, 0.6) is 0 Å². The largest absolute Gasteiger partial charge is 0.325 e. The van der Waals surface area contributed by atoms with Gasteiger partial charge in [0, 0.05) is 11.6 Å². The molecule has 0 spiro atoms. The maximum Gasteiger partial charge on any atom is 0.325 e. The summed E-state index contributed by atoms with van der Waals surface area (Å²) in [5.41, 5.74) is 1.95. The standard InChI is InChI=1S/C9H13N3OS/c1-6(2)4-10-8(13)12-9-11-7(3)5-14-9/h4-5H,1-3H3,(H2,10,11,12,13). The molecule has 0 atom stereocenters. The first-order chi connectivity index (χ1) is 6.58. The molecule has 1 aromatic heterocycles. The number of allylic oxidation sites excluding steroid dienone is 1. The summed E-state index contributed by atoms with van der Waals surface area (Å²) in [6, 6.07) is -0.263. The molecule has 2 N–H and O–H groups in total. The van der Waals surface area contributed by atoms with E-state index in [0.717, 1.165) is 11.3 Å². The van der Waals surface area contributed by atoms with Gasteiger partial charge in [-0.15, -0.1) is 11.3 Å². The van der Waals surface area contributed by atoms with Gasteiger partial charge in [0.15, 0.2) is 5.13 Å². The topological polar surface area (TPSA) is 54.0 Å². The number of carbonyl (C=O) groups excluding carboxylic acids is 1. The summed E-state index contributed by atoms with van der Waals surface area (Å²) in [4.78, 5) is 15.3. The quantitative estimate of drug-likeness (QED) is 0.789. The number of aryl methyl sites for hydroxylation is 1. The Bertz CT molecular complexity index is 353. The second kappa shape index (κ2) is 4.76. The lowest BCUT2D eigenvalue weighted by atomic mass is 10.4. The average Bonchev–Trinajstić information content (AvgIpc) is 2.48. The third-order valence-corrected chi connectivity index (χ3v) is 2.21. The molecule has 0 bridgehead atoms. The second-order valence-electron chi connectivity index (χ2n) is 3.11. The predicted octanol–water partition coefficient (Wildman–Crippen LogP) is 2.50. The molecular formula is C9H13N3OS. The summed E-state index contributed by atoms with van der Waals surface area (Å²) in [5.74, 6) is 0. The van der Waals surface area contributed by atoms with E-state index in [-0.39, 0.29) is 6.03 Å². The first kappa shape index (κ1) is 10.7. The number of carbonyl (C=O) groups is 1. The molecule has 1 heterocycles. The van der Waals surface area contributed by atoms with Gasteiger partial charge in [0.25, 0.3) is 0 Å². The van der Waals surface area contributed by atoms with Crippen LogP contribution in [-0.2, 0) is 0 Å². The molecule has 5 heteroatoms. The minimum absolute atomic E-state index is 0.263. The van der Waals surface area contributed by atoms with E-state index >= 15 is 0 Å². The third kappa shape index (κ3) is 3.57. The zero-order valence-corrected chi connectivity index (χ0v) is 9.23. The number of urea groups is 1. The Morgan fingerprint density at radius 3 is 2.79 bits per heavy atom. The second-order valence-corrected chi connectivity index (χ2v) is 3.97. The monoisotopic (exact) mass is 211 g/mol. The molecule has 0 fully saturated rings. The molecule has 76 valence electrons. The van der Waals surface area contributed by atoms with Crippen LogP contribution in [0.25, 0.3) is 0 Å². The van der Waals surface area contributed by atoms with E-state index in [1.807, 2.05) is 26.2 Å². The summed E-state index contributed by atoms with van der Waals surface area (Å²) in [5, 5.41) is 7.72. The Morgan fingerprint density at radius 1 is 1.57 bits per heavy atom. The smallest absolute Gasteiger partial charge is 0.314 e. The molecule has 0 saturated carbocycles. The lowest BCUT2D eigenvalue weighted by Gasteiger charge is -2.00. The molecular weight excluding hydrogens is 198 g/mol. The maximum atomic E-state index is 11.2. The van der Waals surface area contributed by atoms with Crippen molar-refractivity contribution in [3.63, 3.8) is 0 Å². The minimum Gasteiger partial charge on any atom is -0.314 e. The zero-order valence-electron chi connectivity index (χ0n) is 8.42. The highest BCUT2D eigenvalue weighted by molar-refractivity contribution is 7.13. The van der Waals surface area contributed by atoms with E-state index in [4.69, 9.17) is 0 Å². The van der Waals surface area contributed by atoms with Crippen molar-refractivity contribution >= 4 is 22.5 Å². The summed E-state index contributed by atoms with van der Waals surface area (Å²) in [6.07, 6.45) is 1.65. The molecule has 0 radical (unpaired) electrons. The summed E-state index contributed by atoms with van der Waals surface area (Å²) in [7, 11) is 0. The van der Waals surface area contributed by atoms with Gasteiger partial charge in [-0.2, -0.15) is 0 Å². The minimum atomic E-state index is -0.263. The number of thiazole rings is 1. The van der Waals surface area contributed by atoms with Gasteiger partial charge in [-0.1, -0.05) is 5.57 Å². The average molecular weight is 211 g/mol. The van der Waals surface area contributed by atoms with E-state index in [0.29, 0.717) is 5.13 Å². The van der Waals surface area contributed by atoms with E-state index in [2.05, 4.69) is 15.6 Å². The van der Waals surface area contributed by atoms with Crippen molar-refractivity contribution in [2.24, 2.45) is 0 Å². The van der Waals surface area contributed by atoms with Gasteiger partial charge in [-0.3, -0.25) is 5.32 Å². The molecule has 1 aromatic rings. The van der Waals surface area contributed by atoms with Gasteiger partial charge in [-0.05, 0) is 20.8 Å². The number of nitrogens with zero attached hydrogens (tertiary/aromatic N) is 1. The Hall–Kier alpha value is -1.36. The Labute approximate surface area is 87.1 Å². The molecule has 0 aliphatic carbocycles. The fraction of sp³-hybridized carbons (Fsp3) is 0.333. The number of amides is 2. The molecule has 0 aliphatic heterocycles. The molecule has 1 rings (SSSR count). The number of nitrogens with one attached hydrogen (secondary N) is 2. The van der Waals surface area contributed by atoms with Crippen LogP contribution in [0, 0.1) is 6.92 Å². The van der Waals surface area contributed by atoms with Crippen molar-refractivity contribution in [3.8, 4) is 0 Å². The maximum absolute atomic E-state index is 11.2. The predicted molar refractivity (Wildman–Crippen MR) is 58.4 cm³/mol. The number of hydrogen-bond donors (Lipinski definition) is 2. The molecule has 0 aromatic carbocycles. The van der Waals surface area contributed by atoms with Crippen LogP contribution in [0.2, 0.25) is 0 Å². The normalized spacial score (nSPS) is 9.36. The highest BCUT2D eigenvalue weighted by Crippen LogP contribution is 2.13. The highest BCUT2D eigenvalue weighted by atomic mass is 32.1. The van der Waals surface area contributed by atoms with Gasteiger partial charge >= 0.3 is 6.03 Å². The fourth-order valence-electron chi connectivity index (χ4n) is 0.754. The lowest BCUT2D eigenvalue weighted by molar-refractivity contribution is 0.255. The van der Waals surface area contributed by atoms with Gasteiger partial charge in [0.05, 0.1) is 5.69 Å². The van der Waals surface area contributed by atoms with Gasteiger partial charge in [-0.25, -0.2) is 9.78 Å². The number of aromatic nitrogens is 1. The molecule has 0 aliphatic rings. The van der Waals surface area contributed by atoms with Crippen molar-refractivity contribution in [3.05, 3.63) is 22.8 Å². The Morgan fingerprint density at radius 2 is 2.29 bits per heavy atom. The number of anilines is 1. The van der Waals surface area contributed by atoms with Crippen LogP contribution in [-0.4, -0.2) is 11.0 Å². The van der Waals surface area contributed by atoms with Crippen LogP contribution in [0.3, 0.4) is 0 Å². The summed E-state index contributed by atoms with van der Waals surface area (Å²) < 4.78 is 0. The molecule has 0 unspecified atom stereocenters. The van der Waals surface area contributed by atoms with Crippen LogP contribution in [0.15, 0.2) is 17.2 Å². The molecule has 4 nitrogen and oxygen atoms in total. The first-order valence-corrected chi connectivity index (χ1v) is 5.09. The van der Waals surface area contributed by atoms with Crippen LogP contribution >= 0.6 is 11.3 Å². The Kier molecular flexibility index (Phi) is 3.64. The third-order valence-electron chi connectivity index (χ3n) is 1.33. The van der Waals surface area contributed by atoms with Crippen LogP contribution in [0.1, 0.15) is 19.5 Å². The molecule has 0 saturated heterocycles. The zero-order chi connectivity index (χ0) is 10.6. The first-order valence-electron chi connectivity index (χ1n) is 4.21. The Balaban J connectivity index is 2.45. The van der Waals surface area contributed by atoms with E-state index < -0.39 is 0 Å². The van der Waals surface area contributed by atoms with Gasteiger partial charge in [0.1, 0.15) is 0 Å². The van der Waals surface area contributed by atoms with Crippen LogP contribution < -0.4 is 10.6 Å². The van der Waals surface area contributed by atoms with Crippen molar-refractivity contribution in [2.45, 2.75) is 20.8 Å². The molecule has 2 amide bonds. The van der Waals surface area contributed by atoms with Gasteiger partial charge < -0.3 is 5.32 Å². The fourth-order valence-corrected chi connectivity index (χ4v) is 1.44. The van der Waals surface area contributed by atoms with Crippen molar-refractivity contribution in [2.75, 3.05) is 5.32 Å².